The van der Waals surface area contributed by atoms with Crippen molar-refractivity contribution < 1.29 is 45.0 Å². The number of ketones is 1. The van der Waals surface area contributed by atoms with Gasteiger partial charge in [0.15, 0.2) is 5.78 Å². The Hall–Kier alpha value is -2.56. The first-order valence-electron chi connectivity index (χ1n) is 16.3. The van der Waals surface area contributed by atoms with E-state index >= 15 is 0 Å². The van der Waals surface area contributed by atoms with Crippen LogP contribution in [0.2, 0.25) is 0 Å². The third-order valence-electron chi connectivity index (χ3n) is 12.1. The van der Waals surface area contributed by atoms with Crippen LogP contribution in [0, 0.1) is 28.6 Å². The fourth-order valence-corrected chi connectivity index (χ4v) is 9.37. The van der Waals surface area contributed by atoms with Crippen molar-refractivity contribution in [3.8, 4) is 5.75 Å². The number of ether oxygens (including phenoxy) is 1. The Labute approximate surface area is 265 Å². The Balaban J connectivity index is 1.34. The number of rotatable bonds is 8. The predicted molar refractivity (Wildman–Crippen MR) is 168 cm³/mol. The number of carbonyl (C=O) groups excluding carboxylic acids is 2. The summed E-state index contributed by atoms with van der Waals surface area (Å²) in [4.78, 5) is 26.5. The Morgan fingerprint density at radius 2 is 1.76 bits per heavy atom. The Kier molecular flexibility index (Phi) is 8.71. The molecule has 0 spiro atoms. The van der Waals surface area contributed by atoms with Crippen LogP contribution >= 0.6 is 0 Å². The standard InChI is InChI=1S/C36H50O9/c1-32(2,42)15-14-30(40)35(5,43)29-13-17-36(44)24-18-26(38)25-19-28(45-31(41)11-8-21-6-9-22(37)10-7-21)27(39)20-33(25,3)23(24)12-16-34(29,36)4/h6-11,18,23,25,27-30,37,39-40,42-44H,12-17,19-20H2,1-5H3. The number of hydrogen-bond acceptors (Lipinski definition) is 9. The summed E-state index contributed by atoms with van der Waals surface area (Å²) in [6.45, 7) is 8.89. The van der Waals surface area contributed by atoms with Gasteiger partial charge in [0, 0.05) is 17.4 Å². The van der Waals surface area contributed by atoms with E-state index in [0.29, 0.717) is 43.2 Å². The first-order valence-corrected chi connectivity index (χ1v) is 16.3. The Bertz CT molecular complexity index is 1360. The second-order valence-electron chi connectivity index (χ2n) is 15.5. The molecule has 6 N–H and O–H groups in total. The number of aliphatic hydroxyl groups is 5. The summed E-state index contributed by atoms with van der Waals surface area (Å²) in [5, 5.41) is 66.1. The zero-order valence-corrected chi connectivity index (χ0v) is 27.1. The average molecular weight is 627 g/mol. The van der Waals surface area contributed by atoms with Crippen LogP contribution in [-0.4, -0.2) is 77.5 Å². The number of fused-ring (bicyclic) bond motifs is 5. The van der Waals surface area contributed by atoms with Crippen LogP contribution < -0.4 is 0 Å². The molecule has 0 amide bonds. The van der Waals surface area contributed by atoms with Gasteiger partial charge in [-0.1, -0.05) is 26.0 Å². The quantitative estimate of drug-likeness (QED) is 0.186. The number of aliphatic hydroxyl groups excluding tert-OH is 2. The molecule has 0 aliphatic heterocycles. The summed E-state index contributed by atoms with van der Waals surface area (Å²) in [5.41, 5.74) is -3.97. The normalized spacial score (nSPS) is 38.5. The summed E-state index contributed by atoms with van der Waals surface area (Å²) in [7, 11) is 0. The molecular formula is C36H50O9. The number of aromatic hydroxyl groups is 1. The van der Waals surface area contributed by atoms with Crippen molar-refractivity contribution in [2.24, 2.45) is 28.6 Å². The van der Waals surface area contributed by atoms with Crippen LogP contribution in [-0.2, 0) is 14.3 Å². The van der Waals surface area contributed by atoms with Gasteiger partial charge in [0.25, 0.3) is 0 Å². The molecule has 3 saturated carbocycles. The van der Waals surface area contributed by atoms with E-state index in [1.807, 2.05) is 13.8 Å². The second kappa shape index (κ2) is 11.6. The first kappa shape index (κ1) is 33.8. The van der Waals surface area contributed by atoms with E-state index in [-0.39, 0.29) is 36.7 Å². The monoisotopic (exact) mass is 626 g/mol. The van der Waals surface area contributed by atoms with Crippen molar-refractivity contribution in [2.75, 3.05) is 0 Å². The lowest BCUT2D eigenvalue weighted by atomic mass is 9.45. The van der Waals surface area contributed by atoms with Gasteiger partial charge in [0.1, 0.15) is 11.9 Å². The number of hydrogen-bond donors (Lipinski definition) is 6. The summed E-state index contributed by atoms with van der Waals surface area (Å²) in [6, 6.07) is 6.33. The Morgan fingerprint density at radius 1 is 1.09 bits per heavy atom. The third-order valence-corrected chi connectivity index (χ3v) is 12.1. The molecule has 0 saturated heterocycles. The summed E-state index contributed by atoms with van der Waals surface area (Å²) in [6.07, 6.45) is 4.41. The topological polar surface area (TPSA) is 165 Å². The molecule has 10 atom stereocenters. The summed E-state index contributed by atoms with van der Waals surface area (Å²) >= 11 is 0. The van der Waals surface area contributed by atoms with Gasteiger partial charge in [-0.15, -0.1) is 0 Å². The maximum absolute atomic E-state index is 13.8. The molecule has 4 aliphatic carbocycles. The molecule has 1 aromatic carbocycles. The highest BCUT2D eigenvalue weighted by atomic mass is 16.6. The number of phenolic OH excluding ortho intramolecular Hbond substituents is 1. The Morgan fingerprint density at radius 3 is 2.40 bits per heavy atom. The van der Waals surface area contributed by atoms with Gasteiger partial charge >= 0.3 is 5.97 Å². The van der Waals surface area contributed by atoms with Gasteiger partial charge in [-0.05, 0) is 125 Å². The van der Waals surface area contributed by atoms with Crippen molar-refractivity contribution in [3.63, 3.8) is 0 Å². The maximum atomic E-state index is 13.8. The molecule has 9 nitrogen and oxygen atoms in total. The fraction of sp³-hybridized carbons (Fsp3) is 0.667. The van der Waals surface area contributed by atoms with Crippen LogP contribution in [0.15, 0.2) is 42.0 Å². The van der Waals surface area contributed by atoms with Crippen molar-refractivity contribution in [3.05, 3.63) is 47.6 Å². The summed E-state index contributed by atoms with van der Waals surface area (Å²) in [5.74, 6) is -1.79. The fourth-order valence-electron chi connectivity index (χ4n) is 9.37. The van der Waals surface area contributed by atoms with Gasteiger partial charge < -0.3 is 35.4 Å². The first-order chi connectivity index (χ1) is 20.8. The van der Waals surface area contributed by atoms with E-state index in [9.17, 15) is 40.2 Å². The smallest absolute Gasteiger partial charge is 0.331 e. The second-order valence-corrected chi connectivity index (χ2v) is 15.5. The van der Waals surface area contributed by atoms with Crippen LogP contribution in [0.3, 0.4) is 0 Å². The van der Waals surface area contributed by atoms with Crippen LogP contribution in [0.4, 0.5) is 0 Å². The number of benzene rings is 1. The zero-order chi connectivity index (χ0) is 33.2. The minimum absolute atomic E-state index is 0.115. The molecule has 1 aromatic rings. The minimum Gasteiger partial charge on any atom is -0.508 e. The van der Waals surface area contributed by atoms with Gasteiger partial charge in [0.05, 0.1) is 29.0 Å². The van der Waals surface area contributed by atoms with Crippen molar-refractivity contribution in [1.29, 1.82) is 0 Å². The SMILES string of the molecule is CC(C)(O)CCC(O)C(C)(O)C1CCC2(O)C3=CC(=O)C4CC(OC(=O)C=Cc5ccc(O)cc5)C(O)CC4(C)C3CCC12C. The summed E-state index contributed by atoms with van der Waals surface area (Å²) < 4.78 is 5.63. The van der Waals surface area contributed by atoms with E-state index in [0.717, 1.165) is 0 Å². The number of esters is 1. The van der Waals surface area contributed by atoms with Crippen molar-refractivity contribution in [2.45, 2.75) is 121 Å². The molecule has 10 unspecified atom stereocenters. The molecule has 4 aliphatic rings. The van der Waals surface area contributed by atoms with Crippen molar-refractivity contribution in [1.82, 2.24) is 0 Å². The molecule has 0 bridgehead atoms. The molecule has 0 radical (unpaired) electrons. The number of carbonyl (C=O) groups is 2. The van der Waals surface area contributed by atoms with Gasteiger partial charge in [-0.25, -0.2) is 4.79 Å². The van der Waals surface area contributed by atoms with Crippen molar-refractivity contribution >= 4 is 17.8 Å². The molecule has 5 rings (SSSR count). The van der Waals surface area contributed by atoms with E-state index in [1.165, 1.54) is 18.2 Å². The highest BCUT2D eigenvalue weighted by Gasteiger charge is 2.69. The highest BCUT2D eigenvalue weighted by molar-refractivity contribution is 5.95. The predicted octanol–water partition coefficient (Wildman–Crippen LogP) is 3.82. The average Bonchev–Trinajstić information content (AvgIpc) is 3.24. The third kappa shape index (κ3) is 5.91. The largest absolute Gasteiger partial charge is 0.508 e. The number of phenols is 1. The lowest BCUT2D eigenvalue weighted by Crippen LogP contribution is -2.63. The number of allylic oxidation sites excluding steroid dienone is 1. The molecular weight excluding hydrogens is 576 g/mol. The van der Waals surface area contributed by atoms with Gasteiger partial charge in [0.2, 0.25) is 0 Å². The molecule has 248 valence electrons. The van der Waals surface area contributed by atoms with E-state index in [2.05, 4.69) is 0 Å². The van der Waals surface area contributed by atoms with E-state index in [1.54, 1.807) is 45.1 Å². The van der Waals surface area contributed by atoms with E-state index in [4.69, 9.17) is 4.74 Å². The van der Waals surface area contributed by atoms with Crippen LogP contribution in [0.1, 0.15) is 91.5 Å². The van der Waals surface area contributed by atoms with Crippen LogP contribution in [0.25, 0.3) is 6.08 Å². The lowest BCUT2D eigenvalue weighted by Gasteiger charge is -2.60. The molecule has 45 heavy (non-hydrogen) atoms. The van der Waals surface area contributed by atoms with Gasteiger partial charge in [-0.3, -0.25) is 4.79 Å². The molecule has 0 heterocycles. The molecule has 0 aromatic heterocycles. The minimum atomic E-state index is -1.52. The van der Waals surface area contributed by atoms with Gasteiger partial charge in [-0.2, -0.15) is 0 Å². The zero-order valence-electron chi connectivity index (χ0n) is 27.1. The maximum Gasteiger partial charge on any atom is 0.331 e. The molecule has 3 fully saturated rings. The van der Waals surface area contributed by atoms with Crippen LogP contribution in [0.5, 0.6) is 5.75 Å². The van der Waals surface area contributed by atoms with E-state index < -0.39 is 63.8 Å². The molecule has 9 heteroatoms. The lowest BCUT2D eigenvalue weighted by molar-refractivity contribution is -0.181. The highest BCUT2D eigenvalue weighted by Crippen LogP contribution is 2.68.